The van der Waals surface area contributed by atoms with Gasteiger partial charge in [-0.25, -0.2) is 9.97 Å². The van der Waals surface area contributed by atoms with Gasteiger partial charge in [-0.3, -0.25) is 9.88 Å². The molecule has 23 heavy (non-hydrogen) atoms. The van der Waals surface area contributed by atoms with E-state index in [4.69, 9.17) is 0 Å². The van der Waals surface area contributed by atoms with E-state index in [1.54, 1.807) is 0 Å². The van der Waals surface area contributed by atoms with Gasteiger partial charge >= 0.3 is 0 Å². The molecule has 3 fully saturated rings. The van der Waals surface area contributed by atoms with E-state index in [0.717, 1.165) is 41.4 Å². The lowest BCUT2D eigenvalue weighted by atomic mass is 9.87. The molecule has 2 atom stereocenters. The van der Waals surface area contributed by atoms with Crippen molar-refractivity contribution >= 4 is 21.9 Å². The monoisotopic (exact) mass is 373 g/mol. The zero-order valence-corrected chi connectivity index (χ0v) is 15.0. The molecule has 0 N–H and O–H groups in total. The number of rotatable bonds is 3. The van der Waals surface area contributed by atoms with E-state index in [9.17, 15) is 0 Å². The summed E-state index contributed by atoms with van der Waals surface area (Å²) in [7, 11) is 0. The number of hydrogen-bond donors (Lipinski definition) is 0. The van der Waals surface area contributed by atoms with Crippen LogP contribution in [-0.2, 0) is 6.54 Å². The molecule has 0 saturated carbocycles. The molecule has 0 radical (unpaired) electrons. The summed E-state index contributed by atoms with van der Waals surface area (Å²) in [6.07, 6.45) is 5.08. The normalized spacial score (nSPS) is 23.7. The Kier molecular flexibility index (Phi) is 3.81. The fourth-order valence-electron chi connectivity index (χ4n) is 3.71. The highest BCUT2D eigenvalue weighted by molar-refractivity contribution is 9.10. The number of aromatic nitrogens is 3. The average molecular weight is 374 g/mol. The van der Waals surface area contributed by atoms with Crippen molar-refractivity contribution in [3.05, 3.63) is 46.0 Å². The van der Waals surface area contributed by atoms with Crippen LogP contribution in [0.5, 0.6) is 0 Å². The van der Waals surface area contributed by atoms with E-state index in [1.807, 2.05) is 32.3 Å². The molecule has 0 spiro atoms. The van der Waals surface area contributed by atoms with Gasteiger partial charge in [-0.05, 0) is 53.9 Å². The highest BCUT2D eigenvalue weighted by atomic mass is 79.9. The third-order valence-electron chi connectivity index (χ3n) is 4.72. The fourth-order valence-corrected chi connectivity index (χ4v) is 4.12. The molecule has 0 amide bonds. The number of fused-ring (bicyclic) bond motifs is 2. The van der Waals surface area contributed by atoms with Crippen LogP contribution in [0, 0.1) is 13.8 Å². The van der Waals surface area contributed by atoms with Crippen LogP contribution in [0.4, 0.5) is 5.95 Å². The minimum absolute atomic E-state index is 0.595. The molecule has 3 aliphatic heterocycles. The Hall–Kier alpha value is -1.53. The molecule has 2 bridgehead atoms. The molecule has 5 nitrogen and oxygen atoms in total. The predicted octanol–water partition coefficient (Wildman–Crippen LogP) is 2.71. The summed E-state index contributed by atoms with van der Waals surface area (Å²) in [5.74, 6) is 0.890. The number of anilines is 1. The number of nitrogens with zero attached hydrogens (tertiary/aromatic N) is 5. The van der Waals surface area contributed by atoms with Crippen LogP contribution in [0.15, 0.2) is 29.0 Å². The van der Waals surface area contributed by atoms with Crippen molar-refractivity contribution in [3.63, 3.8) is 0 Å². The van der Waals surface area contributed by atoms with E-state index in [2.05, 4.69) is 46.7 Å². The standard InChI is InChI=1S/C17H20BrN5/c1-11-3-12(2)21-17(20-11)22-9-15-5-16(10-22)23(15)8-13-4-14(18)7-19-6-13/h3-4,6-7,15-16H,5,8-10H2,1-2H3. The van der Waals surface area contributed by atoms with E-state index in [0.29, 0.717) is 12.1 Å². The quantitative estimate of drug-likeness (QED) is 0.827. The van der Waals surface area contributed by atoms with Crippen molar-refractivity contribution in [1.82, 2.24) is 19.9 Å². The summed E-state index contributed by atoms with van der Waals surface area (Å²) in [4.78, 5) is 18.4. The molecule has 0 aliphatic carbocycles. The van der Waals surface area contributed by atoms with Crippen LogP contribution >= 0.6 is 15.9 Å². The van der Waals surface area contributed by atoms with Crippen molar-refractivity contribution in [2.75, 3.05) is 18.0 Å². The lowest BCUT2D eigenvalue weighted by Gasteiger charge is -2.56. The molecule has 2 aromatic rings. The number of piperidine rings is 1. The summed E-state index contributed by atoms with van der Waals surface area (Å²) >= 11 is 3.50. The summed E-state index contributed by atoms with van der Waals surface area (Å²) in [6.45, 7) is 7.08. The molecule has 2 unspecified atom stereocenters. The second kappa shape index (κ2) is 5.83. The SMILES string of the molecule is Cc1cc(C)nc(N2CC3CC(C2)N3Cc2cncc(Br)c2)n1. The van der Waals surface area contributed by atoms with Crippen molar-refractivity contribution < 1.29 is 0 Å². The molecule has 120 valence electrons. The molecule has 2 aromatic heterocycles. The highest BCUT2D eigenvalue weighted by Gasteiger charge is 2.45. The second-order valence-electron chi connectivity index (χ2n) is 6.58. The number of halogens is 1. The lowest BCUT2D eigenvalue weighted by molar-refractivity contribution is -0.00906. The summed E-state index contributed by atoms with van der Waals surface area (Å²) in [6, 6.07) is 5.38. The maximum absolute atomic E-state index is 4.61. The Morgan fingerprint density at radius 2 is 1.78 bits per heavy atom. The molecule has 0 aromatic carbocycles. The van der Waals surface area contributed by atoms with Crippen molar-refractivity contribution in [2.24, 2.45) is 0 Å². The first-order valence-corrected chi connectivity index (χ1v) is 8.80. The molecule has 6 heteroatoms. The van der Waals surface area contributed by atoms with Gasteiger partial charge in [-0.15, -0.1) is 0 Å². The molecule has 3 aliphatic rings. The van der Waals surface area contributed by atoms with Crippen LogP contribution < -0.4 is 4.90 Å². The van der Waals surface area contributed by atoms with Gasteiger partial charge in [0.2, 0.25) is 5.95 Å². The Labute approximate surface area is 144 Å². The summed E-state index contributed by atoms with van der Waals surface area (Å²) < 4.78 is 1.05. The molecular formula is C17H20BrN5. The van der Waals surface area contributed by atoms with E-state index in [-0.39, 0.29) is 0 Å². The van der Waals surface area contributed by atoms with Gasteiger partial charge in [-0.2, -0.15) is 0 Å². The van der Waals surface area contributed by atoms with E-state index < -0.39 is 0 Å². The number of piperazine rings is 1. The number of aryl methyl sites for hydroxylation is 2. The second-order valence-corrected chi connectivity index (χ2v) is 7.50. The first-order chi connectivity index (χ1) is 11.1. The predicted molar refractivity (Wildman–Crippen MR) is 93.4 cm³/mol. The van der Waals surface area contributed by atoms with Crippen LogP contribution in [0.3, 0.4) is 0 Å². The van der Waals surface area contributed by atoms with Gasteiger partial charge in [0, 0.05) is 60.0 Å². The van der Waals surface area contributed by atoms with Gasteiger partial charge in [-0.1, -0.05) is 0 Å². The third kappa shape index (κ3) is 2.97. The Morgan fingerprint density at radius 1 is 1.09 bits per heavy atom. The third-order valence-corrected chi connectivity index (χ3v) is 5.16. The van der Waals surface area contributed by atoms with E-state index >= 15 is 0 Å². The maximum atomic E-state index is 4.61. The van der Waals surface area contributed by atoms with Gasteiger partial charge < -0.3 is 4.90 Å². The largest absolute Gasteiger partial charge is 0.338 e. The van der Waals surface area contributed by atoms with Crippen molar-refractivity contribution in [3.8, 4) is 0 Å². The van der Waals surface area contributed by atoms with Crippen molar-refractivity contribution in [1.29, 1.82) is 0 Å². The minimum atomic E-state index is 0.595. The van der Waals surface area contributed by atoms with Gasteiger partial charge in [0.1, 0.15) is 0 Å². The Bertz CT molecular complexity index is 702. The average Bonchev–Trinajstić information content (AvgIpc) is 2.52. The molecule has 3 saturated heterocycles. The maximum Gasteiger partial charge on any atom is 0.225 e. The zero-order chi connectivity index (χ0) is 16.0. The number of hydrogen-bond acceptors (Lipinski definition) is 5. The number of pyridine rings is 1. The molecule has 5 heterocycles. The first-order valence-electron chi connectivity index (χ1n) is 8.01. The van der Waals surface area contributed by atoms with Crippen molar-refractivity contribution in [2.45, 2.75) is 38.9 Å². The zero-order valence-electron chi connectivity index (χ0n) is 13.4. The fraction of sp³-hybridized carbons (Fsp3) is 0.471. The van der Waals surface area contributed by atoms with Gasteiger partial charge in [0.15, 0.2) is 0 Å². The topological polar surface area (TPSA) is 45.2 Å². The van der Waals surface area contributed by atoms with E-state index in [1.165, 1.54) is 12.0 Å². The summed E-state index contributed by atoms with van der Waals surface area (Å²) in [5.41, 5.74) is 3.36. The van der Waals surface area contributed by atoms with Crippen LogP contribution in [-0.4, -0.2) is 45.0 Å². The highest BCUT2D eigenvalue weighted by Crippen LogP contribution is 2.35. The Morgan fingerprint density at radius 3 is 2.43 bits per heavy atom. The lowest BCUT2D eigenvalue weighted by Crippen LogP contribution is -2.68. The molecule has 5 rings (SSSR count). The molecular weight excluding hydrogens is 354 g/mol. The Balaban J connectivity index is 1.46. The minimum Gasteiger partial charge on any atom is -0.338 e. The van der Waals surface area contributed by atoms with Gasteiger partial charge in [0.05, 0.1) is 0 Å². The first kappa shape index (κ1) is 15.0. The van der Waals surface area contributed by atoms with Gasteiger partial charge in [0.25, 0.3) is 0 Å². The van der Waals surface area contributed by atoms with Crippen LogP contribution in [0.2, 0.25) is 0 Å². The summed E-state index contributed by atoms with van der Waals surface area (Å²) in [5, 5.41) is 0. The smallest absolute Gasteiger partial charge is 0.225 e. The van der Waals surface area contributed by atoms with Crippen LogP contribution in [0.1, 0.15) is 23.4 Å². The van der Waals surface area contributed by atoms with Crippen LogP contribution in [0.25, 0.3) is 0 Å².